The Morgan fingerprint density at radius 3 is 2.29 bits per heavy atom. The van der Waals surface area contributed by atoms with Crippen molar-refractivity contribution in [2.24, 2.45) is 0 Å². The smallest absolute Gasteiger partial charge is 0.360 e. The number of aromatic amines is 1. The molecule has 1 aliphatic rings. The Morgan fingerprint density at radius 2 is 1.55 bits per heavy atom. The van der Waals surface area contributed by atoms with Gasteiger partial charge in [-0.15, -0.1) is 0 Å². The summed E-state index contributed by atoms with van der Waals surface area (Å²) in [4.78, 5) is 6.05. The second-order valence-electron chi connectivity index (χ2n) is 7.23. The molecule has 154 valence electrons. The van der Waals surface area contributed by atoms with Crippen LogP contribution >= 0.6 is 0 Å². The summed E-state index contributed by atoms with van der Waals surface area (Å²) in [5.74, 6) is -0.806. The van der Waals surface area contributed by atoms with Crippen molar-refractivity contribution in [2.75, 3.05) is 0 Å². The molecular formula is C24H14F5N2+. The molecule has 1 aromatic heterocycles. The van der Waals surface area contributed by atoms with Gasteiger partial charge >= 0.3 is 6.18 Å². The molecular weight excluding hydrogens is 411 g/mol. The van der Waals surface area contributed by atoms with E-state index in [2.05, 4.69) is 9.98 Å². The monoisotopic (exact) mass is 425 g/mol. The lowest BCUT2D eigenvalue weighted by Crippen LogP contribution is -2.58. The minimum absolute atomic E-state index is 0.403. The molecule has 7 heteroatoms. The first-order valence-corrected chi connectivity index (χ1v) is 9.40. The number of nitrogens with one attached hydrogen (secondary N) is 2. The zero-order chi connectivity index (χ0) is 21.8. The van der Waals surface area contributed by atoms with Gasteiger partial charge in [-0.1, -0.05) is 12.1 Å². The maximum atomic E-state index is 13.7. The number of allylic oxidation sites excluding steroid dienone is 1. The van der Waals surface area contributed by atoms with Gasteiger partial charge in [0.25, 0.3) is 0 Å². The predicted molar refractivity (Wildman–Crippen MR) is 109 cm³/mol. The maximum absolute atomic E-state index is 13.7. The number of hydrogen-bond donors (Lipinski definition) is 2. The average Bonchev–Trinajstić information content (AvgIpc) is 3.32. The molecule has 2 nitrogen and oxygen atoms in total. The molecule has 0 aliphatic carbocycles. The van der Waals surface area contributed by atoms with Crippen LogP contribution in [0.5, 0.6) is 0 Å². The molecule has 0 radical (unpaired) electrons. The van der Waals surface area contributed by atoms with E-state index in [9.17, 15) is 22.0 Å². The summed E-state index contributed by atoms with van der Waals surface area (Å²) < 4.78 is 66.6. The summed E-state index contributed by atoms with van der Waals surface area (Å²) in [6.07, 6.45) is -1.06. The van der Waals surface area contributed by atoms with Gasteiger partial charge in [0.15, 0.2) is 6.21 Å². The molecule has 1 aliphatic heterocycles. The zero-order valence-electron chi connectivity index (χ0n) is 15.8. The SMILES string of the molecule is Fc1ccc2c(c1)[NH+]=CC2=C(c1ccc(C(F)(F)F)cc1)c1c[nH]c2cc(F)ccc12. The zero-order valence-corrected chi connectivity index (χ0v) is 15.8. The number of H-pyrrole nitrogens is 1. The van der Waals surface area contributed by atoms with E-state index in [0.29, 0.717) is 44.4 Å². The summed E-state index contributed by atoms with van der Waals surface area (Å²) >= 11 is 0. The van der Waals surface area contributed by atoms with Gasteiger partial charge in [0, 0.05) is 34.3 Å². The van der Waals surface area contributed by atoms with Gasteiger partial charge in [-0.05, 0) is 48.0 Å². The molecule has 31 heavy (non-hydrogen) atoms. The number of rotatable bonds is 2. The van der Waals surface area contributed by atoms with Gasteiger partial charge in [0.1, 0.15) is 11.6 Å². The van der Waals surface area contributed by atoms with E-state index in [1.54, 1.807) is 24.5 Å². The highest BCUT2D eigenvalue weighted by Crippen LogP contribution is 2.39. The first-order chi connectivity index (χ1) is 14.8. The van der Waals surface area contributed by atoms with Gasteiger partial charge in [0.2, 0.25) is 5.69 Å². The lowest BCUT2D eigenvalue weighted by atomic mass is 9.89. The Hall–Kier alpha value is -3.74. The van der Waals surface area contributed by atoms with Crippen LogP contribution in [-0.2, 0) is 6.18 Å². The van der Waals surface area contributed by atoms with Gasteiger partial charge in [-0.2, -0.15) is 13.2 Å². The Balaban J connectivity index is 1.78. The van der Waals surface area contributed by atoms with Crippen LogP contribution < -0.4 is 4.99 Å². The summed E-state index contributed by atoms with van der Waals surface area (Å²) in [5, 5.41) is 0.716. The van der Waals surface area contributed by atoms with Crippen molar-refractivity contribution in [1.82, 2.24) is 4.98 Å². The summed E-state index contributed by atoms with van der Waals surface area (Å²) in [6, 6.07) is 13.5. The average molecular weight is 425 g/mol. The Bertz CT molecular complexity index is 1380. The van der Waals surface area contributed by atoms with Crippen LogP contribution in [0.3, 0.4) is 0 Å². The lowest BCUT2D eigenvalue weighted by Gasteiger charge is -2.12. The normalized spacial score (nSPS) is 14.9. The second-order valence-corrected chi connectivity index (χ2v) is 7.23. The van der Waals surface area contributed by atoms with E-state index >= 15 is 0 Å². The molecule has 0 bridgehead atoms. The predicted octanol–water partition coefficient (Wildman–Crippen LogP) is 5.22. The maximum Gasteiger partial charge on any atom is 0.416 e. The molecule has 2 N–H and O–H groups in total. The van der Waals surface area contributed by atoms with Crippen molar-refractivity contribution in [1.29, 1.82) is 0 Å². The fourth-order valence-corrected chi connectivity index (χ4v) is 3.89. The highest BCUT2D eigenvalue weighted by Gasteiger charge is 2.31. The van der Waals surface area contributed by atoms with E-state index in [-0.39, 0.29) is 0 Å². The van der Waals surface area contributed by atoms with E-state index in [1.807, 2.05) is 0 Å². The highest BCUT2D eigenvalue weighted by molar-refractivity contribution is 6.24. The van der Waals surface area contributed by atoms with Gasteiger partial charge in [-0.3, -0.25) is 0 Å². The van der Waals surface area contributed by atoms with Crippen molar-refractivity contribution in [2.45, 2.75) is 6.18 Å². The molecule has 2 heterocycles. The second kappa shape index (κ2) is 6.91. The molecule has 0 saturated heterocycles. The number of hydrogen-bond acceptors (Lipinski definition) is 0. The van der Waals surface area contributed by atoms with Crippen LogP contribution in [0.25, 0.3) is 22.0 Å². The van der Waals surface area contributed by atoms with E-state index in [0.717, 1.165) is 12.1 Å². The Morgan fingerprint density at radius 1 is 0.839 bits per heavy atom. The van der Waals surface area contributed by atoms with Crippen LogP contribution in [0.4, 0.5) is 27.6 Å². The summed E-state index contributed by atoms with van der Waals surface area (Å²) in [7, 11) is 0. The van der Waals surface area contributed by atoms with Crippen LogP contribution in [0, 0.1) is 11.6 Å². The van der Waals surface area contributed by atoms with Crippen LogP contribution in [-0.4, -0.2) is 11.2 Å². The van der Waals surface area contributed by atoms with E-state index in [1.165, 1.54) is 36.4 Å². The molecule has 4 aromatic rings. The Labute approximate surface area is 173 Å². The highest BCUT2D eigenvalue weighted by atomic mass is 19.4. The largest absolute Gasteiger partial charge is 0.416 e. The summed E-state index contributed by atoms with van der Waals surface area (Å²) in [6.45, 7) is 0. The standard InChI is InChI=1S/C24H13F5N2/c25-15-5-7-17-19(11-30-21(17)9-15)23(13-1-3-14(4-2-13)24(27,28)29)20-12-31-22-10-16(26)6-8-18(20)22/h1-12,30H/p+1. The fraction of sp³-hybridized carbons (Fsp3) is 0.0417. The first-order valence-electron chi connectivity index (χ1n) is 9.40. The summed E-state index contributed by atoms with van der Waals surface area (Å²) in [5.41, 5.74) is 3.66. The number of benzene rings is 3. The van der Waals surface area contributed by atoms with Crippen molar-refractivity contribution in [3.8, 4) is 0 Å². The third-order valence-electron chi connectivity index (χ3n) is 5.33. The molecule has 3 aromatic carbocycles. The quantitative estimate of drug-likeness (QED) is 0.413. The van der Waals surface area contributed by atoms with Gasteiger partial charge in [0.05, 0.1) is 16.7 Å². The molecule has 0 unspecified atom stereocenters. The minimum Gasteiger partial charge on any atom is -0.360 e. The third-order valence-corrected chi connectivity index (χ3v) is 5.33. The van der Waals surface area contributed by atoms with Gasteiger partial charge in [-0.25, -0.2) is 13.8 Å². The van der Waals surface area contributed by atoms with E-state index in [4.69, 9.17) is 0 Å². The number of halogens is 5. The third kappa shape index (κ3) is 3.32. The van der Waals surface area contributed by atoms with E-state index < -0.39 is 23.4 Å². The van der Waals surface area contributed by atoms with Crippen molar-refractivity contribution in [3.05, 3.63) is 101 Å². The van der Waals surface area contributed by atoms with Gasteiger partial charge < -0.3 is 4.98 Å². The van der Waals surface area contributed by atoms with Crippen molar-refractivity contribution < 1.29 is 26.9 Å². The molecule has 0 atom stereocenters. The molecule has 5 rings (SSSR count). The van der Waals surface area contributed by atoms with Crippen molar-refractivity contribution in [3.63, 3.8) is 0 Å². The van der Waals surface area contributed by atoms with Crippen LogP contribution in [0.1, 0.15) is 22.3 Å². The number of alkyl halides is 3. The molecule has 0 saturated carbocycles. The minimum atomic E-state index is -4.45. The lowest BCUT2D eigenvalue weighted by molar-refractivity contribution is -0.343. The van der Waals surface area contributed by atoms with Crippen LogP contribution in [0.15, 0.2) is 66.9 Å². The topological polar surface area (TPSA) is 29.8 Å². The molecule has 0 fully saturated rings. The Kier molecular flexibility index (Phi) is 4.28. The van der Waals surface area contributed by atoms with Crippen molar-refractivity contribution >= 4 is 34.0 Å². The first kappa shape index (κ1) is 19.2. The number of fused-ring (bicyclic) bond motifs is 2. The molecule has 0 amide bonds. The fourth-order valence-electron chi connectivity index (χ4n) is 3.89. The number of aromatic nitrogens is 1. The molecule has 0 spiro atoms. The van der Waals surface area contributed by atoms with Crippen LogP contribution in [0.2, 0.25) is 0 Å².